The number of carbonyl (C=O) groups is 2. The molecular formula is C42H50O4. The van der Waals surface area contributed by atoms with Crippen molar-refractivity contribution in [3.05, 3.63) is 108 Å². The zero-order valence-corrected chi connectivity index (χ0v) is 28.1. The fourth-order valence-electron chi connectivity index (χ4n) is 5.64. The Balaban J connectivity index is 1.30. The third-order valence-electron chi connectivity index (χ3n) is 8.56. The average molecular weight is 619 g/mol. The highest BCUT2D eigenvalue weighted by Gasteiger charge is 2.14. The quantitative estimate of drug-likeness (QED) is 0.0872. The Hall–Kier alpha value is -4.18. The van der Waals surface area contributed by atoms with Gasteiger partial charge in [0.05, 0.1) is 23.3 Å². The fraction of sp³-hybridized carbons (Fsp3) is 0.381. The normalized spacial score (nSPS) is 12.3. The summed E-state index contributed by atoms with van der Waals surface area (Å²) in [6, 6.07) is 32.2. The van der Waals surface area contributed by atoms with Crippen molar-refractivity contribution in [2.75, 3.05) is 0 Å². The molecule has 4 heteroatoms. The van der Waals surface area contributed by atoms with Crippen LogP contribution in [-0.2, 0) is 9.47 Å². The second-order valence-electron chi connectivity index (χ2n) is 12.4. The van der Waals surface area contributed by atoms with Crippen molar-refractivity contribution in [1.82, 2.24) is 0 Å². The van der Waals surface area contributed by atoms with E-state index in [0.29, 0.717) is 11.1 Å². The van der Waals surface area contributed by atoms with E-state index in [-0.39, 0.29) is 24.1 Å². The first-order valence-corrected chi connectivity index (χ1v) is 17.2. The summed E-state index contributed by atoms with van der Waals surface area (Å²) in [5, 5.41) is 0. The largest absolute Gasteiger partial charge is 0.459 e. The number of carbonyl (C=O) groups excluding carboxylic acids is 2. The standard InChI is InChI=1S/C42H50O4/c1-5-7-9-11-13-31(3)45-41(43)39-27-23-37(24-28-39)35-19-15-33(16-20-35)34-17-21-36(22-18-34)38-25-29-40(30-26-38)42(44)46-32(4)14-12-10-8-6-2/h15-32H,5-14H2,1-4H3/t31-,32-/m1/s1. The summed E-state index contributed by atoms with van der Waals surface area (Å²) in [7, 11) is 0. The molecule has 0 N–H and O–H groups in total. The Morgan fingerprint density at radius 3 is 0.957 bits per heavy atom. The number of benzene rings is 4. The van der Waals surface area contributed by atoms with Gasteiger partial charge in [0.1, 0.15) is 0 Å². The SMILES string of the molecule is CCCCCC[C@@H](C)OC(=O)c1ccc(-c2ccc(-c3ccc(-c4ccc(C(=O)O[C@H](C)CCCCCC)cc4)cc3)cc2)cc1. The summed E-state index contributed by atoms with van der Waals surface area (Å²) < 4.78 is 11.3. The lowest BCUT2D eigenvalue weighted by molar-refractivity contribution is 0.0309. The first-order valence-electron chi connectivity index (χ1n) is 17.2. The fourth-order valence-corrected chi connectivity index (χ4v) is 5.64. The van der Waals surface area contributed by atoms with Gasteiger partial charge in [-0.15, -0.1) is 0 Å². The molecule has 0 bridgehead atoms. The molecule has 0 fully saturated rings. The van der Waals surface area contributed by atoms with E-state index >= 15 is 0 Å². The predicted molar refractivity (Wildman–Crippen MR) is 190 cm³/mol. The van der Waals surface area contributed by atoms with Gasteiger partial charge in [0.25, 0.3) is 0 Å². The molecular weight excluding hydrogens is 568 g/mol. The van der Waals surface area contributed by atoms with Crippen LogP contribution in [0.5, 0.6) is 0 Å². The second kappa shape index (κ2) is 18.1. The van der Waals surface area contributed by atoms with Gasteiger partial charge in [0, 0.05) is 0 Å². The van der Waals surface area contributed by atoms with E-state index in [0.717, 1.165) is 59.1 Å². The highest BCUT2D eigenvalue weighted by Crippen LogP contribution is 2.28. The van der Waals surface area contributed by atoms with Crippen LogP contribution in [0.2, 0.25) is 0 Å². The molecule has 0 aliphatic carbocycles. The molecule has 4 rings (SSSR count). The lowest BCUT2D eigenvalue weighted by Crippen LogP contribution is -2.15. The highest BCUT2D eigenvalue weighted by atomic mass is 16.5. The van der Waals surface area contributed by atoms with Gasteiger partial charge in [0.15, 0.2) is 0 Å². The number of hydrogen-bond acceptors (Lipinski definition) is 4. The minimum Gasteiger partial charge on any atom is -0.459 e. The van der Waals surface area contributed by atoms with E-state index in [1.54, 1.807) is 0 Å². The van der Waals surface area contributed by atoms with Gasteiger partial charge in [0.2, 0.25) is 0 Å². The van der Waals surface area contributed by atoms with Crippen LogP contribution in [0.4, 0.5) is 0 Å². The van der Waals surface area contributed by atoms with Gasteiger partial charge in [-0.05, 0) is 97.2 Å². The van der Waals surface area contributed by atoms with Crippen LogP contribution >= 0.6 is 0 Å². The highest BCUT2D eigenvalue weighted by molar-refractivity contribution is 5.91. The maximum Gasteiger partial charge on any atom is 0.338 e. The van der Waals surface area contributed by atoms with Crippen LogP contribution in [0.15, 0.2) is 97.1 Å². The molecule has 2 atom stereocenters. The van der Waals surface area contributed by atoms with Crippen molar-refractivity contribution < 1.29 is 19.1 Å². The lowest BCUT2D eigenvalue weighted by Gasteiger charge is -2.13. The molecule has 46 heavy (non-hydrogen) atoms. The second-order valence-corrected chi connectivity index (χ2v) is 12.4. The Bertz CT molecular complexity index is 1370. The number of rotatable bonds is 17. The molecule has 0 aliphatic rings. The van der Waals surface area contributed by atoms with Crippen LogP contribution in [0.1, 0.15) is 113 Å². The van der Waals surface area contributed by atoms with E-state index < -0.39 is 0 Å². The summed E-state index contributed by atoms with van der Waals surface area (Å²) in [5.74, 6) is -0.519. The van der Waals surface area contributed by atoms with Crippen LogP contribution in [0, 0.1) is 0 Å². The smallest absolute Gasteiger partial charge is 0.338 e. The first-order chi connectivity index (χ1) is 22.4. The molecule has 0 unspecified atom stereocenters. The summed E-state index contributed by atoms with van der Waals surface area (Å²) >= 11 is 0. The van der Waals surface area contributed by atoms with Crippen LogP contribution in [-0.4, -0.2) is 24.1 Å². The summed E-state index contributed by atoms with van der Waals surface area (Å²) in [6.07, 6.45) is 11.1. The molecule has 0 heterocycles. The van der Waals surface area contributed by atoms with Crippen LogP contribution in [0.25, 0.3) is 33.4 Å². The molecule has 0 aliphatic heterocycles. The van der Waals surface area contributed by atoms with E-state index in [4.69, 9.17) is 9.47 Å². The maximum atomic E-state index is 12.6. The zero-order valence-electron chi connectivity index (χ0n) is 28.1. The number of hydrogen-bond donors (Lipinski definition) is 0. The summed E-state index contributed by atoms with van der Waals surface area (Å²) in [4.78, 5) is 25.2. The van der Waals surface area contributed by atoms with Gasteiger partial charge >= 0.3 is 11.9 Å². The Kier molecular flexibility index (Phi) is 13.6. The molecule has 4 aromatic rings. The van der Waals surface area contributed by atoms with Crippen molar-refractivity contribution in [2.24, 2.45) is 0 Å². The van der Waals surface area contributed by atoms with Crippen molar-refractivity contribution in [3.63, 3.8) is 0 Å². The Labute approximate surface area is 276 Å². The molecule has 242 valence electrons. The van der Waals surface area contributed by atoms with Crippen molar-refractivity contribution in [3.8, 4) is 33.4 Å². The minimum atomic E-state index is -0.259. The molecule has 0 aromatic heterocycles. The van der Waals surface area contributed by atoms with E-state index in [1.165, 1.54) is 38.5 Å². The maximum absolute atomic E-state index is 12.6. The molecule has 0 amide bonds. The van der Waals surface area contributed by atoms with Crippen molar-refractivity contribution in [2.45, 2.75) is 104 Å². The average Bonchev–Trinajstić information content (AvgIpc) is 3.09. The molecule has 0 saturated heterocycles. The first kappa shape index (κ1) is 34.7. The molecule has 4 aromatic carbocycles. The number of ether oxygens (including phenoxy) is 2. The summed E-state index contributed by atoms with van der Waals surface area (Å²) in [6.45, 7) is 8.34. The van der Waals surface area contributed by atoms with Gasteiger partial charge in [-0.2, -0.15) is 0 Å². The molecule has 0 radical (unpaired) electrons. The zero-order chi connectivity index (χ0) is 32.7. The third kappa shape index (κ3) is 10.4. The van der Waals surface area contributed by atoms with Crippen LogP contribution < -0.4 is 0 Å². The van der Waals surface area contributed by atoms with E-state index in [2.05, 4.69) is 62.4 Å². The van der Waals surface area contributed by atoms with Gasteiger partial charge < -0.3 is 9.47 Å². The van der Waals surface area contributed by atoms with Gasteiger partial charge in [-0.3, -0.25) is 0 Å². The van der Waals surface area contributed by atoms with Crippen molar-refractivity contribution >= 4 is 11.9 Å². The van der Waals surface area contributed by atoms with Gasteiger partial charge in [-0.1, -0.05) is 125 Å². The summed E-state index contributed by atoms with van der Waals surface area (Å²) in [5.41, 5.74) is 7.72. The van der Waals surface area contributed by atoms with Gasteiger partial charge in [-0.25, -0.2) is 9.59 Å². The van der Waals surface area contributed by atoms with Crippen LogP contribution in [0.3, 0.4) is 0 Å². The van der Waals surface area contributed by atoms with Crippen molar-refractivity contribution in [1.29, 1.82) is 0 Å². The Morgan fingerprint density at radius 2 is 0.696 bits per heavy atom. The number of esters is 2. The van der Waals surface area contributed by atoms with E-state index in [1.807, 2.05) is 62.4 Å². The monoisotopic (exact) mass is 618 g/mol. The van der Waals surface area contributed by atoms with E-state index in [9.17, 15) is 9.59 Å². The lowest BCUT2D eigenvalue weighted by atomic mass is 9.97. The molecule has 0 spiro atoms. The Morgan fingerprint density at radius 1 is 0.435 bits per heavy atom. The third-order valence-corrected chi connectivity index (χ3v) is 8.56. The topological polar surface area (TPSA) is 52.6 Å². The minimum absolute atomic E-state index is 0.0690. The predicted octanol–water partition coefficient (Wildman–Crippen LogP) is 11.7. The number of unbranched alkanes of at least 4 members (excludes halogenated alkanes) is 6. The molecule has 4 nitrogen and oxygen atoms in total. The molecule has 0 saturated carbocycles.